The van der Waals surface area contributed by atoms with Crippen LogP contribution in [-0.4, -0.2) is 41.5 Å². The number of carbonyl (C=O) groups excluding carboxylic acids is 2. The van der Waals surface area contributed by atoms with Crippen LogP contribution in [0, 0.1) is 0 Å². The molecule has 0 aromatic heterocycles. The molecule has 0 unspecified atom stereocenters. The van der Waals surface area contributed by atoms with Crippen LogP contribution in [0.2, 0.25) is 0 Å². The standard InChI is InChI=1S/C18H23N3O2/c1-18(15-8-7-13-5-4-6-14(13)11-15)16(22)21(17(23)19-18)12-20-9-2-3-10-20/h7-8,11H,2-6,9-10,12H2,1H3,(H,19,23)/t18-/m1/s1. The molecule has 1 aromatic carbocycles. The van der Waals surface area contributed by atoms with E-state index in [1.807, 2.05) is 13.0 Å². The third kappa shape index (κ3) is 2.34. The zero-order valence-electron chi connectivity index (χ0n) is 13.6. The summed E-state index contributed by atoms with van der Waals surface area (Å²) in [6.07, 6.45) is 5.65. The highest BCUT2D eigenvalue weighted by Crippen LogP contribution is 2.32. The number of benzene rings is 1. The Labute approximate surface area is 136 Å². The molecule has 0 spiro atoms. The van der Waals surface area contributed by atoms with Crippen molar-refractivity contribution in [2.24, 2.45) is 0 Å². The Kier molecular flexibility index (Phi) is 3.41. The van der Waals surface area contributed by atoms with Gasteiger partial charge in [0.1, 0.15) is 5.54 Å². The molecule has 122 valence electrons. The summed E-state index contributed by atoms with van der Waals surface area (Å²) in [5.41, 5.74) is 2.67. The van der Waals surface area contributed by atoms with Gasteiger partial charge >= 0.3 is 6.03 Å². The minimum atomic E-state index is -0.936. The third-order valence-corrected chi connectivity index (χ3v) is 5.49. The van der Waals surface area contributed by atoms with Crippen LogP contribution in [-0.2, 0) is 23.2 Å². The van der Waals surface area contributed by atoms with Gasteiger partial charge in [-0.3, -0.25) is 9.69 Å². The van der Waals surface area contributed by atoms with E-state index in [1.165, 1.54) is 22.4 Å². The van der Waals surface area contributed by atoms with Crippen LogP contribution in [0.25, 0.3) is 0 Å². The van der Waals surface area contributed by atoms with Gasteiger partial charge in [0, 0.05) is 0 Å². The predicted molar refractivity (Wildman–Crippen MR) is 86.9 cm³/mol. The molecule has 2 aliphatic heterocycles. The number of hydrogen-bond acceptors (Lipinski definition) is 3. The Balaban J connectivity index is 1.60. The summed E-state index contributed by atoms with van der Waals surface area (Å²) >= 11 is 0. The summed E-state index contributed by atoms with van der Waals surface area (Å²) in [5.74, 6) is -0.132. The Hall–Kier alpha value is -1.88. The Morgan fingerprint density at radius 2 is 1.83 bits per heavy atom. The Morgan fingerprint density at radius 3 is 2.61 bits per heavy atom. The number of likely N-dealkylation sites (tertiary alicyclic amines) is 1. The van der Waals surface area contributed by atoms with Crippen LogP contribution in [0.1, 0.15) is 42.9 Å². The smallest absolute Gasteiger partial charge is 0.319 e. The predicted octanol–water partition coefficient (Wildman–Crippen LogP) is 2.00. The van der Waals surface area contributed by atoms with Gasteiger partial charge < -0.3 is 5.32 Å². The number of hydrogen-bond donors (Lipinski definition) is 1. The molecular formula is C18H23N3O2. The van der Waals surface area contributed by atoms with Crippen molar-refractivity contribution in [1.82, 2.24) is 15.1 Å². The second-order valence-corrected chi connectivity index (χ2v) is 7.09. The molecule has 5 heteroatoms. The van der Waals surface area contributed by atoms with E-state index in [-0.39, 0.29) is 11.9 Å². The summed E-state index contributed by atoms with van der Waals surface area (Å²) in [6.45, 7) is 4.17. The van der Waals surface area contributed by atoms with Crippen molar-refractivity contribution in [3.05, 3.63) is 34.9 Å². The SMILES string of the molecule is C[C@]1(c2ccc3c(c2)CCC3)NC(=O)N(CN2CCCC2)C1=O. The van der Waals surface area contributed by atoms with Crippen molar-refractivity contribution in [3.8, 4) is 0 Å². The lowest BCUT2D eigenvalue weighted by Crippen LogP contribution is -2.43. The van der Waals surface area contributed by atoms with Crippen molar-refractivity contribution in [2.75, 3.05) is 19.8 Å². The van der Waals surface area contributed by atoms with Gasteiger partial charge in [0.15, 0.2) is 0 Å². The molecule has 2 saturated heterocycles. The minimum absolute atomic E-state index is 0.132. The average Bonchev–Trinajstić information content (AvgIpc) is 3.25. The summed E-state index contributed by atoms with van der Waals surface area (Å²) in [7, 11) is 0. The molecule has 1 aliphatic carbocycles. The quantitative estimate of drug-likeness (QED) is 0.868. The first-order valence-corrected chi connectivity index (χ1v) is 8.57. The summed E-state index contributed by atoms with van der Waals surface area (Å²) in [5, 5.41) is 2.92. The fourth-order valence-electron chi connectivity index (χ4n) is 4.03. The van der Waals surface area contributed by atoms with Gasteiger partial charge in [0.2, 0.25) is 0 Å². The molecule has 2 heterocycles. The first-order chi connectivity index (χ1) is 11.1. The van der Waals surface area contributed by atoms with E-state index in [1.54, 1.807) is 0 Å². The van der Waals surface area contributed by atoms with Crippen molar-refractivity contribution < 1.29 is 9.59 Å². The molecule has 23 heavy (non-hydrogen) atoms. The highest BCUT2D eigenvalue weighted by Gasteiger charge is 2.49. The zero-order chi connectivity index (χ0) is 16.0. The fraction of sp³-hybridized carbons (Fsp3) is 0.556. The molecule has 3 amide bonds. The maximum Gasteiger partial charge on any atom is 0.326 e. The Bertz CT molecular complexity index is 666. The topological polar surface area (TPSA) is 52.7 Å². The maximum absolute atomic E-state index is 12.9. The van der Waals surface area contributed by atoms with Crippen LogP contribution in [0.15, 0.2) is 18.2 Å². The normalized spacial score (nSPS) is 27.6. The lowest BCUT2D eigenvalue weighted by Gasteiger charge is -2.25. The van der Waals surface area contributed by atoms with Crippen LogP contribution >= 0.6 is 0 Å². The van der Waals surface area contributed by atoms with Crippen molar-refractivity contribution >= 4 is 11.9 Å². The van der Waals surface area contributed by atoms with Gasteiger partial charge in [-0.15, -0.1) is 0 Å². The van der Waals surface area contributed by atoms with E-state index >= 15 is 0 Å². The second-order valence-electron chi connectivity index (χ2n) is 7.09. The van der Waals surface area contributed by atoms with Gasteiger partial charge in [-0.2, -0.15) is 0 Å². The first-order valence-electron chi connectivity index (χ1n) is 8.57. The van der Waals surface area contributed by atoms with Gasteiger partial charge in [-0.25, -0.2) is 9.69 Å². The third-order valence-electron chi connectivity index (χ3n) is 5.49. The van der Waals surface area contributed by atoms with E-state index in [4.69, 9.17) is 0 Å². The fourth-order valence-corrected chi connectivity index (χ4v) is 4.03. The Morgan fingerprint density at radius 1 is 1.09 bits per heavy atom. The number of imide groups is 1. The van der Waals surface area contributed by atoms with Crippen LogP contribution in [0.4, 0.5) is 4.79 Å². The zero-order valence-corrected chi connectivity index (χ0v) is 13.6. The average molecular weight is 313 g/mol. The first kappa shape index (κ1) is 14.7. The molecule has 1 atom stereocenters. The highest BCUT2D eigenvalue weighted by atomic mass is 16.2. The number of fused-ring (bicyclic) bond motifs is 1. The molecule has 1 N–H and O–H groups in total. The molecule has 1 aromatic rings. The monoisotopic (exact) mass is 313 g/mol. The molecular weight excluding hydrogens is 290 g/mol. The number of aryl methyl sites for hydroxylation is 2. The number of carbonyl (C=O) groups is 2. The highest BCUT2D eigenvalue weighted by molar-refractivity contribution is 6.07. The van der Waals surface area contributed by atoms with Gasteiger partial charge in [0.05, 0.1) is 6.67 Å². The molecule has 0 radical (unpaired) electrons. The number of amides is 3. The van der Waals surface area contributed by atoms with Crippen molar-refractivity contribution in [3.63, 3.8) is 0 Å². The molecule has 2 fully saturated rings. The molecule has 5 nitrogen and oxygen atoms in total. The number of rotatable bonds is 3. The molecule has 3 aliphatic rings. The van der Waals surface area contributed by atoms with E-state index in [2.05, 4.69) is 22.3 Å². The van der Waals surface area contributed by atoms with E-state index in [0.717, 1.165) is 44.3 Å². The summed E-state index contributed by atoms with van der Waals surface area (Å²) < 4.78 is 0. The maximum atomic E-state index is 12.9. The number of nitrogens with one attached hydrogen (secondary N) is 1. The summed E-state index contributed by atoms with van der Waals surface area (Å²) in [4.78, 5) is 28.9. The summed E-state index contributed by atoms with van der Waals surface area (Å²) in [6, 6.07) is 5.96. The van der Waals surface area contributed by atoms with E-state index in [9.17, 15) is 9.59 Å². The van der Waals surface area contributed by atoms with Gasteiger partial charge in [-0.05, 0) is 68.8 Å². The number of nitrogens with zero attached hydrogens (tertiary/aromatic N) is 2. The van der Waals surface area contributed by atoms with Crippen LogP contribution in [0.3, 0.4) is 0 Å². The van der Waals surface area contributed by atoms with Crippen molar-refractivity contribution in [2.45, 2.75) is 44.6 Å². The van der Waals surface area contributed by atoms with Gasteiger partial charge in [-0.1, -0.05) is 18.2 Å². The van der Waals surface area contributed by atoms with Crippen molar-refractivity contribution in [1.29, 1.82) is 0 Å². The lowest BCUT2D eigenvalue weighted by atomic mass is 9.90. The molecule has 4 rings (SSSR count). The van der Waals surface area contributed by atoms with Gasteiger partial charge in [0.25, 0.3) is 5.91 Å². The van der Waals surface area contributed by atoms with Crippen LogP contribution in [0.5, 0.6) is 0 Å². The minimum Gasteiger partial charge on any atom is -0.319 e. The number of urea groups is 1. The molecule has 0 bridgehead atoms. The largest absolute Gasteiger partial charge is 0.326 e. The molecule has 0 saturated carbocycles. The lowest BCUT2D eigenvalue weighted by molar-refractivity contribution is -0.132. The van der Waals surface area contributed by atoms with Crippen LogP contribution < -0.4 is 5.32 Å². The van der Waals surface area contributed by atoms with E-state index in [0.29, 0.717) is 6.67 Å². The second kappa shape index (κ2) is 5.34. The van der Waals surface area contributed by atoms with E-state index < -0.39 is 5.54 Å².